The summed E-state index contributed by atoms with van der Waals surface area (Å²) < 4.78 is 2.99. The van der Waals surface area contributed by atoms with Crippen molar-refractivity contribution in [3.63, 3.8) is 0 Å². The molecule has 2 aromatic rings. The Morgan fingerprint density at radius 2 is 1.94 bits per heavy atom. The Kier molecular flexibility index (Phi) is 3.91. The monoisotopic (exact) mass is 295 g/mol. The molecule has 0 fully saturated rings. The van der Waals surface area contributed by atoms with Gasteiger partial charge in [-0.05, 0) is 18.6 Å². The van der Waals surface area contributed by atoms with E-state index < -0.39 is 0 Å². The van der Waals surface area contributed by atoms with Crippen molar-refractivity contribution in [2.45, 2.75) is 26.5 Å². The summed E-state index contributed by atoms with van der Waals surface area (Å²) in [5, 5.41) is 17.4. The van der Waals surface area contributed by atoms with Crippen LogP contribution in [0.3, 0.4) is 0 Å². The second-order valence-corrected chi connectivity index (χ2v) is 4.67. The number of aromatic nitrogens is 3. The number of aliphatic hydroxyl groups excluding tert-OH is 1. The van der Waals surface area contributed by atoms with E-state index in [1.807, 2.05) is 28.8 Å². The molecule has 0 aliphatic rings. The highest BCUT2D eigenvalue weighted by molar-refractivity contribution is 9.10. The van der Waals surface area contributed by atoms with Gasteiger partial charge in [0.2, 0.25) is 0 Å². The van der Waals surface area contributed by atoms with Gasteiger partial charge >= 0.3 is 0 Å². The fourth-order valence-corrected chi connectivity index (χ4v) is 1.99. The van der Waals surface area contributed by atoms with Gasteiger partial charge in [0.25, 0.3) is 0 Å². The van der Waals surface area contributed by atoms with Crippen molar-refractivity contribution in [3.8, 4) is 11.4 Å². The topological polar surface area (TPSA) is 50.9 Å². The van der Waals surface area contributed by atoms with E-state index in [0.29, 0.717) is 5.82 Å². The molecule has 0 atom stereocenters. The molecule has 0 saturated carbocycles. The molecule has 17 heavy (non-hydrogen) atoms. The van der Waals surface area contributed by atoms with Crippen LogP contribution >= 0.6 is 15.9 Å². The van der Waals surface area contributed by atoms with Crippen LogP contribution in [-0.2, 0) is 13.2 Å². The molecule has 1 aromatic heterocycles. The van der Waals surface area contributed by atoms with E-state index in [1.54, 1.807) is 0 Å². The van der Waals surface area contributed by atoms with Gasteiger partial charge in [-0.1, -0.05) is 35.0 Å². The predicted octanol–water partition coefficient (Wildman–Crippen LogP) is 2.61. The Bertz CT molecular complexity index is 493. The smallest absolute Gasteiger partial charge is 0.164 e. The molecule has 0 aliphatic heterocycles. The van der Waals surface area contributed by atoms with E-state index in [4.69, 9.17) is 0 Å². The van der Waals surface area contributed by atoms with E-state index in [-0.39, 0.29) is 6.61 Å². The largest absolute Gasteiger partial charge is 0.388 e. The first-order valence-electron chi connectivity index (χ1n) is 5.55. The van der Waals surface area contributed by atoms with Gasteiger partial charge in [-0.25, -0.2) is 0 Å². The maximum Gasteiger partial charge on any atom is 0.164 e. The van der Waals surface area contributed by atoms with Crippen LogP contribution < -0.4 is 0 Å². The number of benzene rings is 1. The quantitative estimate of drug-likeness (QED) is 0.943. The molecular weight excluding hydrogens is 282 g/mol. The molecule has 5 heteroatoms. The lowest BCUT2D eigenvalue weighted by atomic mass is 10.2. The van der Waals surface area contributed by atoms with Crippen LogP contribution in [0.4, 0.5) is 0 Å². The summed E-state index contributed by atoms with van der Waals surface area (Å²) in [4.78, 5) is 0. The van der Waals surface area contributed by atoms with E-state index >= 15 is 0 Å². The van der Waals surface area contributed by atoms with Crippen molar-refractivity contribution < 1.29 is 5.11 Å². The summed E-state index contributed by atoms with van der Waals surface area (Å²) in [5.74, 6) is 1.42. The molecular formula is C12H14BrN3O. The minimum Gasteiger partial charge on any atom is -0.388 e. The van der Waals surface area contributed by atoms with Gasteiger partial charge in [0.15, 0.2) is 11.6 Å². The standard InChI is InChI=1S/C12H14BrN3O/c1-2-7-16-11(8-17)14-15-12(16)9-3-5-10(13)6-4-9/h3-6,17H,2,7-8H2,1H3. The van der Waals surface area contributed by atoms with Crippen molar-refractivity contribution >= 4 is 15.9 Å². The lowest BCUT2D eigenvalue weighted by Crippen LogP contribution is -2.05. The molecule has 1 N–H and O–H groups in total. The lowest BCUT2D eigenvalue weighted by Gasteiger charge is -2.07. The van der Waals surface area contributed by atoms with Gasteiger partial charge in [-0.15, -0.1) is 10.2 Å². The third-order valence-corrected chi connectivity index (χ3v) is 3.05. The maximum atomic E-state index is 9.22. The maximum absolute atomic E-state index is 9.22. The zero-order chi connectivity index (χ0) is 12.3. The molecule has 2 rings (SSSR count). The summed E-state index contributed by atoms with van der Waals surface area (Å²) in [7, 11) is 0. The minimum absolute atomic E-state index is 0.0798. The second-order valence-electron chi connectivity index (χ2n) is 3.76. The van der Waals surface area contributed by atoms with E-state index in [1.165, 1.54) is 0 Å². The van der Waals surface area contributed by atoms with Crippen molar-refractivity contribution in [1.82, 2.24) is 14.8 Å². The van der Waals surface area contributed by atoms with Gasteiger partial charge < -0.3 is 9.67 Å². The predicted molar refractivity (Wildman–Crippen MR) is 69.4 cm³/mol. The van der Waals surface area contributed by atoms with Crippen LogP contribution in [0, 0.1) is 0 Å². The van der Waals surface area contributed by atoms with E-state index in [9.17, 15) is 5.11 Å². The Labute approximate surface area is 108 Å². The molecule has 90 valence electrons. The first-order valence-corrected chi connectivity index (χ1v) is 6.34. The molecule has 0 spiro atoms. The number of halogens is 1. The van der Waals surface area contributed by atoms with Crippen LogP contribution in [0.15, 0.2) is 28.7 Å². The number of hydrogen-bond acceptors (Lipinski definition) is 3. The Balaban J connectivity index is 2.43. The summed E-state index contributed by atoms with van der Waals surface area (Å²) >= 11 is 3.40. The average Bonchev–Trinajstić information content (AvgIpc) is 2.74. The highest BCUT2D eigenvalue weighted by Gasteiger charge is 2.12. The first-order chi connectivity index (χ1) is 8.26. The minimum atomic E-state index is -0.0798. The zero-order valence-electron chi connectivity index (χ0n) is 9.60. The number of rotatable bonds is 4. The fourth-order valence-electron chi connectivity index (χ4n) is 1.72. The molecule has 4 nitrogen and oxygen atoms in total. The van der Waals surface area contributed by atoms with Crippen LogP contribution in [0.2, 0.25) is 0 Å². The fraction of sp³-hybridized carbons (Fsp3) is 0.333. The van der Waals surface area contributed by atoms with Crippen molar-refractivity contribution in [2.24, 2.45) is 0 Å². The molecule has 0 radical (unpaired) electrons. The van der Waals surface area contributed by atoms with Gasteiger partial charge in [0.05, 0.1) is 0 Å². The molecule has 1 aromatic carbocycles. The van der Waals surface area contributed by atoms with Gasteiger partial charge in [0.1, 0.15) is 6.61 Å². The lowest BCUT2D eigenvalue weighted by molar-refractivity contribution is 0.264. The zero-order valence-corrected chi connectivity index (χ0v) is 11.2. The second kappa shape index (κ2) is 5.42. The van der Waals surface area contributed by atoms with Crippen molar-refractivity contribution in [2.75, 3.05) is 0 Å². The number of nitrogens with zero attached hydrogens (tertiary/aromatic N) is 3. The Morgan fingerprint density at radius 1 is 1.24 bits per heavy atom. The highest BCUT2D eigenvalue weighted by atomic mass is 79.9. The highest BCUT2D eigenvalue weighted by Crippen LogP contribution is 2.21. The summed E-state index contributed by atoms with van der Waals surface area (Å²) in [6, 6.07) is 7.92. The van der Waals surface area contributed by atoms with E-state index in [0.717, 1.165) is 28.8 Å². The molecule has 0 aliphatic carbocycles. The van der Waals surface area contributed by atoms with Crippen LogP contribution in [0.1, 0.15) is 19.2 Å². The third kappa shape index (κ3) is 2.56. The summed E-state index contributed by atoms with van der Waals surface area (Å²) in [5.41, 5.74) is 1.01. The Hall–Kier alpha value is -1.20. The summed E-state index contributed by atoms with van der Waals surface area (Å²) in [6.07, 6.45) is 0.981. The molecule has 0 saturated heterocycles. The molecule has 0 bridgehead atoms. The number of hydrogen-bond donors (Lipinski definition) is 1. The van der Waals surface area contributed by atoms with Gasteiger partial charge in [-0.2, -0.15) is 0 Å². The van der Waals surface area contributed by atoms with E-state index in [2.05, 4.69) is 33.1 Å². The summed E-state index contributed by atoms with van der Waals surface area (Å²) in [6.45, 7) is 2.82. The SMILES string of the molecule is CCCn1c(CO)nnc1-c1ccc(Br)cc1. The molecule has 0 unspecified atom stereocenters. The Morgan fingerprint density at radius 3 is 2.53 bits per heavy atom. The van der Waals surface area contributed by atoms with Crippen molar-refractivity contribution in [3.05, 3.63) is 34.6 Å². The van der Waals surface area contributed by atoms with Crippen LogP contribution in [0.5, 0.6) is 0 Å². The molecule has 0 amide bonds. The van der Waals surface area contributed by atoms with Crippen molar-refractivity contribution in [1.29, 1.82) is 0 Å². The normalized spacial score (nSPS) is 10.8. The number of aliphatic hydroxyl groups is 1. The van der Waals surface area contributed by atoms with Gasteiger partial charge in [0, 0.05) is 16.6 Å². The van der Waals surface area contributed by atoms with Gasteiger partial charge in [-0.3, -0.25) is 0 Å². The average molecular weight is 296 g/mol. The third-order valence-electron chi connectivity index (χ3n) is 2.52. The molecule has 1 heterocycles. The first kappa shape index (κ1) is 12.3. The van der Waals surface area contributed by atoms with Crippen LogP contribution in [-0.4, -0.2) is 19.9 Å². The van der Waals surface area contributed by atoms with Crippen LogP contribution in [0.25, 0.3) is 11.4 Å².